The predicted octanol–water partition coefficient (Wildman–Crippen LogP) is 1.32. The lowest BCUT2D eigenvalue weighted by atomic mass is 10.1. The molecule has 84 valence electrons. The average molecular weight is 244 g/mol. The Morgan fingerprint density at radius 1 is 1.36 bits per heavy atom. The van der Waals surface area contributed by atoms with Crippen molar-refractivity contribution in [3.8, 4) is 0 Å². The highest BCUT2D eigenvalue weighted by molar-refractivity contribution is 5.85. The third-order valence-electron chi connectivity index (χ3n) is 2.02. The molecule has 1 fully saturated rings. The summed E-state index contributed by atoms with van der Waals surface area (Å²) in [5.74, 6) is -0.740. The second-order valence-corrected chi connectivity index (χ2v) is 2.98. The molecule has 1 aliphatic rings. The van der Waals surface area contributed by atoms with Crippen LogP contribution in [0.3, 0.4) is 0 Å². The Labute approximate surface area is 95.5 Å². The van der Waals surface area contributed by atoms with Gasteiger partial charge in [-0.25, -0.2) is 0 Å². The van der Waals surface area contributed by atoms with Gasteiger partial charge in [0.1, 0.15) is 0 Å². The molecule has 0 bridgehead atoms. The molecule has 0 radical (unpaired) electrons. The molecule has 14 heavy (non-hydrogen) atoms. The van der Waals surface area contributed by atoms with Gasteiger partial charge in [0.15, 0.2) is 0 Å². The molecule has 1 aliphatic heterocycles. The maximum absolute atomic E-state index is 11.1. The lowest BCUT2D eigenvalue weighted by Gasteiger charge is -2.25. The maximum atomic E-state index is 11.1. The topological polar surface area (TPSA) is 57.6 Å². The van der Waals surface area contributed by atoms with Crippen LogP contribution in [0.5, 0.6) is 0 Å². The molecule has 1 saturated heterocycles. The van der Waals surface area contributed by atoms with Gasteiger partial charge in [0.2, 0.25) is 5.91 Å². The van der Waals surface area contributed by atoms with Crippen molar-refractivity contribution in [2.24, 2.45) is 0 Å². The van der Waals surface area contributed by atoms with Crippen LogP contribution < -0.4 is 0 Å². The number of nitrogens with zero attached hydrogens (tertiary/aromatic N) is 1. The molecule has 0 unspecified atom stereocenters. The Morgan fingerprint density at radius 3 is 2.50 bits per heavy atom. The number of halogens is 2. The molecule has 1 rings (SSSR count). The number of hydrogen-bond donors (Lipinski definition) is 1. The molecule has 0 aromatic rings. The van der Waals surface area contributed by atoms with Crippen molar-refractivity contribution >= 4 is 36.7 Å². The normalized spacial score (nSPS) is 15.4. The minimum atomic E-state index is -0.839. The second kappa shape index (κ2) is 7.88. The number of carboxylic acids is 1. The van der Waals surface area contributed by atoms with Gasteiger partial charge in [-0.3, -0.25) is 9.59 Å². The smallest absolute Gasteiger partial charge is 0.305 e. The first-order valence-corrected chi connectivity index (χ1v) is 4.20. The van der Waals surface area contributed by atoms with Crippen LogP contribution in [0.15, 0.2) is 0 Å². The van der Waals surface area contributed by atoms with Gasteiger partial charge in [0, 0.05) is 19.5 Å². The van der Waals surface area contributed by atoms with E-state index in [2.05, 4.69) is 0 Å². The molecular formula is C8H15Cl2NO3. The number of hydrogen-bond acceptors (Lipinski definition) is 2. The zero-order chi connectivity index (χ0) is 8.97. The van der Waals surface area contributed by atoms with Crippen molar-refractivity contribution in [3.05, 3.63) is 0 Å². The number of amides is 1. The van der Waals surface area contributed by atoms with Crippen LogP contribution in [0.1, 0.15) is 25.7 Å². The van der Waals surface area contributed by atoms with Crippen LogP contribution in [0.25, 0.3) is 0 Å². The lowest BCUT2D eigenvalue weighted by Crippen LogP contribution is -2.36. The van der Waals surface area contributed by atoms with Crippen molar-refractivity contribution in [2.45, 2.75) is 25.7 Å². The second-order valence-electron chi connectivity index (χ2n) is 2.98. The molecular weight excluding hydrogens is 229 g/mol. The van der Waals surface area contributed by atoms with Crippen LogP contribution in [0.2, 0.25) is 0 Å². The highest BCUT2D eigenvalue weighted by atomic mass is 35.5. The summed E-state index contributed by atoms with van der Waals surface area (Å²) >= 11 is 0. The number of carbonyl (C=O) groups excluding carboxylic acids is 1. The van der Waals surface area contributed by atoms with Gasteiger partial charge in [-0.1, -0.05) is 0 Å². The third-order valence-corrected chi connectivity index (χ3v) is 2.02. The Balaban J connectivity index is 0. The maximum Gasteiger partial charge on any atom is 0.305 e. The van der Waals surface area contributed by atoms with Crippen LogP contribution in [0, 0.1) is 0 Å². The standard InChI is InChI=1S/C8H13NO3.2ClH/c10-7-3-1-2-5-9(7)6-4-8(11)12;;/h1-6H2,(H,11,12);2*1H. The Hall–Kier alpha value is -0.480. The fourth-order valence-corrected chi connectivity index (χ4v) is 1.33. The monoisotopic (exact) mass is 243 g/mol. The number of rotatable bonds is 3. The first kappa shape index (κ1) is 16.0. The fourth-order valence-electron chi connectivity index (χ4n) is 1.33. The highest BCUT2D eigenvalue weighted by Crippen LogP contribution is 2.10. The molecule has 1 N–H and O–H groups in total. The lowest BCUT2D eigenvalue weighted by molar-refractivity contribution is -0.139. The summed E-state index contributed by atoms with van der Waals surface area (Å²) in [7, 11) is 0. The van der Waals surface area contributed by atoms with Crippen LogP contribution >= 0.6 is 24.8 Å². The number of carbonyl (C=O) groups is 2. The molecule has 0 saturated carbocycles. The van der Waals surface area contributed by atoms with Crippen molar-refractivity contribution in [1.29, 1.82) is 0 Å². The summed E-state index contributed by atoms with van der Waals surface area (Å²) in [5, 5.41) is 8.39. The van der Waals surface area contributed by atoms with E-state index < -0.39 is 5.97 Å². The van der Waals surface area contributed by atoms with Crippen LogP contribution in [-0.2, 0) is 9.59 Å². The summed E-state index contributed by atoms with van der Waals surface area (Å²) in [6.45, 7) is 1.10. The summed E-state index contributed by atoms with van der Waals surface area (Å²) < 4.78 is 0. The minimum Gasteiger partial charge on any atom is -0.481 e. The zero-order valence-corrected chi connectivity index (χ0v) is 9.40. The first-order chi connectivity index (χ1) is 5.70. The predicted molar refractivity (Wildman–Crippen MR) is 57.2 cm³/mol. The van der Waals surface area contributed by atoms with Gasteiger partial charge in [-0.15, -0.1) is 24.8 Å². The molecule has 1 heterocycles. The van der Waals surface area contributed by atoms with Gasteiger partial charge < -0.3 is 10.0 Å². The molecule has 0 aromatic heterocycles. The zero-order valence-electron chi connectivity index (χ0n) is 7.77. The Kier molecular flexibility index (Phi) is 8.99. The van der Waals surface area contributed by atoms with Crippen molar-refractivity contribution < 1.29 is 14.7 Å². The van der Waals surface area contributed by atoms with E-state index in [4.69, 9.17) is 5.11 Å². The number of aliphatic carboxylic acids is 1. The molecule has 0 spiro atoms. The average Bonchev–Trinajstić information content (AvgIpc) is 2.03. The van der Waals surface area contributed by atoms with E-state index in [1.807, 2.05) is 0 Å². The largest absolute Gasteiger partial charge is 0.481 e. The SMILES string of the molecule is Cl.Cl.O=C(O)CCN1CCCCC1=O. The number of piperidine rings is 1. The van der Waals surface area contributed by atoms with E-state index in [0.717, 1.165) is 19.4 Å². The first-order valence-electron chi connectivity index (χ1n) is 4.20. The highest BCUT2D eigenvalue weighted by Gasteiger charge is 2.17. The van der Waals surface area contributed by atoms with E-state index in [9.17, 15) is 9.59 Å². The summed E-state index contributed by atoms with van der Waals surface area (Å²) in [6, 6.07) is 0. The fraction of sp³-hybridized carbons (Fsp3) is 0.750. The van der Waals surface area contributed by atoms with Gasteiger partial charge >= 0.3 is 5.97 Å². The van der Waals surface area contributed by atoms with Gasteiger partial charge in [0.25, 0.3) is 0 Å². The van der Waals surface area contributed by atoms with E-state index in [-0.39, 0.29) is 37.1 Å². The minimum absolute atomic E-state index is 0. The molecule has 1 amide bonds. The third kappa shape index (κ3) is 5.29. The molecule has 0 aromatic carbocycles. The summed E-state index contributed by atoms with van der Waals surface area (Å²) in [4.78, 5) is 23.0. The van der Waals surface area contributed by atoms with Crippen LogP contribution in [-0.4, -0.2) is 35.0 Å². The van der Waals surface area contributed by atoms with E-state index in [1.165, 1.54) is 0 Å². The number of likely N-dealkylation sites (tertiary alicyclic amines) is 1. The summed E-state index contributed by atoms with van der Waals surface area (Å²) in [5.41, 5.74) is 0. The van der Waals surface area contributed by atoms with Crippen molar-refractivity contribution in [1.82, 2.24) is 4.90 Å². The number of carboxylic acid groups (broad SMARTS) is 1. The van der Waals surface area contributed by atoms with Gasteiger partial charge in [-0.05, 0) is 12.8 Å². The van der Waals surface area contributed by atoms with Gasteiger partial charge in [-0.2, -0.15) is 0 Å². The molecule has 0 aliphatic carbocycles. The van der Waals surface area contributed by atoms with E-state index in [1.54, 1.807) is 4.90 Å². The van der Waals surface area contributed by atoms with Crippen LogP contribution in [0.4, 0.5) is 0 Å². The Morgan fingerprint density at radius 2 is 2.00 bits per heavy atom. The van der Waals surface area contributed by atoms with Crippen molar-refractivity contribution in [3.63, 3.8) is 0 Å². The Bertz CT molecular complexity index is 199. The van der Waals surface area contributed by atoms with Gasteiger partial charge in [0.05, 0.1) is 6.42 Å². The molecule has 6 heteroatoms. The van der Waals surface area contributed by atoms with E-state index >= 15 is 0 Å². The summed E-state index contributed by atoms with van der Waals surface area (Å²) in [6.07, 6.45) is 2.60. The van der Waals surface area contributed by atoms with E-state index in [0.29, 0.717) is 13.0 Å². The molecule has 0 atom stereocenters. The quantitative estimate of drug-likeness (QED) is 0.814. The molecule has 4 nitrogen and oxygen atoms in total. The van der Waals surface area contributed by atoms with Crippen molar-refractivity contribution in [2.75, 3.05) is 13.1 Å².